The van der Waals surface area contributed by atoms with E-state index in [1.807, 2.05) is 15.8 Å². The van der Waals surface area contributed by atoms with E-state index in [-0.39, 0.29) is 18.1 Å². The van der Waals surface area contributed by atoms with Gasteiger partial charge in [-0.15, -0.1) is 5.10 Å². The van der Waals surface area contributed by atoms with Gasteiger partial charge in [-0.3, -0.25) is 4.79 Å². The number of hydrogen-bond donors (Lipinski definition) is 1. The number of nitrogens with zero attached hydrogens (tertiary/aromatic N) is 4. The summed E-state index contributed by atoms with van der Waals surface area (Å²) in [5.74, 6) is 1.56. The Morgan fingerprint density at radius 2 is 2.07 bits per heavy atom. The maximum absolute atomic E-state index is 12.8. The maximum atomic E-state index is 12.8. The van der Waals surface area contributed by atoms with Crippen LogP contribution in [0.15, 0.2) is 29.2 Å². The van der Waals surface area contributed by atoms with Crippen molar-refractivity contribution in [2.75, 3.05) is 19.7 Å². The van der Waals surface area contributed by atoms with Crippen LogP contribution in [0.3, 0.4) is 0 Å². The fourth-order valence-corrected chi connectivity index (χ4v) is 4.85. The van der Waals surface area contributed by atoms with Crippen molar-refractivity contribution >= 4 is 5.91 Å². The van der Waals surface area contributed by atoms with Crippen molar-refractivity contribution in [3.05, 3.63) is 36.0 Å². The van der Waals surface area contributed by atoms with E-state index in [0.717, 1.165) is 32.5 Å². The molecule has 0 bridgehead atoms. The molecule has 30 heavy (non-hydrogen) atoms. The fourth-order valence-electron chi connectivity index (χ4n) is 4.85. The number of aliphatic hydroxyl groups is 1. The highest BCUT2D eigenvalue weighted by molar-refractivity contribution is 5.94. The van der Waals surface area contributed by atoms with Gasteiger partial charge in [-0.25, -0.2) is 4.68 Å². The minimum absolute atomic E-state index is 0.0372. The quantitative estimate of drug-likeness (QED) is 0.781. The molecule has 2 aromatic rings. The molecule has 1 amide bonds. The van der Waals surface area contributed by atoms with Gasteiger partial charge in [-0.2, -0.15) is 0 Å². The molecule has 2 aromatic heterocycles. The molecule has 2 aliphatic carbocycles. The molecule has 162 valence electrons. The van der Waals surface area contributed by atoms with E-state index in [0.29, 0.717) is 29.0 Å². The van der Waals surface area contributed by atoms with Gasteiger partial charge in [0.1, 0.15) is 17.6 Å². The van der Waals surface area contributed by atoms with Gasteiger partial charge in [0.15, 0.2) is 0 Å². The highest BCUT2D eigenvalue weighted by Crippen LogP contribution is 2.43. The lowest BCUT2D eigenvalue weighted by atomic mass is 9.77. The van der Waals surface area contributed by atoms with Crippen LogP contribution in [0.5, 0.6) is 0 Å². The summed E-state index contributed by atoms with van der Waals surface area (Å²) in [5.41, 5.74) is 0.146. The summed E-state index contributed by atoms with van der Waals surface area (Å²) in [7, 11) is 0. The molecule has 8 nitrogen and oxygen atoms in total. The van der Waals surface area contributed by atoms with E-state index in [1.165, 1.54) is 19.1 Å². The summed E-state index contributed by atoms with van der Waals surface area (Å²) >= 11 is 0. The Balaban J connectivity index is 1.34. The van der Waals surface area contributed by atoms with Crippen LogP contribution in [0.2, 0.25) is 0 Å². The van der Waals surface area contributed by atoms with Crippen molar-refractivity contribution in [3.63, 3.8) is 0 Å². The minimum atomic E-state index is -1.03. The summed E-state index contributed by atoms with van der Waals surface area (Å²) in [4.78, 5) is 14.7. The van der Waals surface area contributed by atoms with Crippen LogP contribution in [-0.4, -0.2) is 56.7 Å². The first-order valence-corrected chi connectivity index (χ1v) is 11.0. The molecular formula is C22H30N4O4. The summed E-state index contributed by atoms with van der Waals surface area (Å²) in [5, 5.41) is 18.8. The predicted molar refractivity (Wildman–Crippen MR) is 108 cm³/mol. The monoisotopic (exact) mass is 414 g/mol. The third-order valence-electron chi connectivity index (χ3n) is 6.86. The van der Waals surface area contributed by atoms with Crippen LogP contribution in [0.1, 0.15) is 61.6 Å². The Bertz CT molecular complexity index is 883. The number of likely N-dealkylation sites (tertiary alicyclic amines) is 1. The predicted octanol–water partition coefficient (Wildman–Crippen LogP) is 2.62. The van der Waals surface area contributed by atoms with E-state index in [9.17, 15) is 9.90 Å². The average molecular weight is 415 g/mol. The number of fused-ring (bicyclic) bond motifs is 1. The van der Waals surface area contributed by atoms with Crippen LogP contribution in [-0.2, 0) is 10.3 Å². The van der Waals surface area contributed by atoms with Crippen molar-refractivity contribution in [1.29, 1.82) is 0 Å². The van der Waals surface area contributed by atoms with Crippen LogP contribution >= 0.6 is 0 Å². The first-order chi connectivity index (χ1) is 14.4. The van der Waals surface area contributed by atoms with E-state index in [4.69, 9.17) is 9.15 Å². The van der Waals surface area contributed by atoms with E-state index < -0.39 is 5.60 Å². The lowest BCUT2D eigenvalue weighted by Gasteiger charge is -2.37. The summed E-state index contributed by atoms with van der Waals surface area (Å²) < 4.78 is 13.3. The molecule has 1 aliphatic heterocycles. The molecule has 3 heterocycles. The van der Waals surface area contributed by atoms with Gasteiger partial charge in [0, 0.05) is 19.7 Å². The van der Waals surface area contributed by atoms with Crippen molar-refractivity contribution in [2.45, 2.75) is 57.3 Å². The number of rotatable bonds is 6. The largest absolute Gasteiger partial charge is 0.472 e. The molecular weight excluding hydrogens is 384 g/mol. The number of amides is 1. The second-order valence-corrected chi connectivity index (χ2v) is 9.74. The van der Waals surface area contributed by atoms with Crippen molar-refractivity contribution in [1.82, 2.24) is 19.9 Å². The second-order valence-electron chi connectivity index (χ2n) is 9.74. The first-order valence-electron chi connectivity index (χ1n) is 11.0. The number of hydrogen-bond acceptors (Lipinski definition) is 6. The third-order valence-corrected chi connectivity index (χ3v) is 6.86. The van der Waals surface area contributed by atoms with Crippen LogP contribution < -0.4 is 0 Å². The molecule has 3 aliphatic rings. The Morgan fingerprint density at radius 3 is 2.70 bits per heavy atom. The molecule has 3 fully saturated rings. The van der Waals surface area contributed by atoms with Gasteiger partial charge in [-0.1, -0.05) is 5.21 Å². The Labute approximate surface area is 176 Å². The van der Waals surface area contributed by atoms with Crippen LogP contribution in [0.25, 0.3) is 0 Å². The Kier molecular flexibility index (Phi) is 4.94. The topological polar surface area (TPSA) is 93.6 Å². The number of carbonyl (C=O) groups is 1. The van der Waals surface area contributed by atoms with Gasteiger partial charge in [-0.05, 0) is 63.4 Å². The van der Waals surface area contributed by atoms with Crippen LogP contribution in [0, 0.1) is 17.8 Å². The Hall–Kier alpha value is -2.19. The molecule has 1 N–H and O–H groups in total. The smallest absolute Gasteiger partial charge is 0.257 e. The molecule has 5 rings (SSSR count). The molecule has 1 saturated heterocycles. The highest BCUT2D eigenvalue weighted by Gasteiger charge is 2.45. The fraction of sp³-hybridized carbons (Fsp3) is 0.682. The standard InChI is InChI=1S/C22H30N4O4/c1-22(2,28)20-11-26(24-23-20)18-7-16-9-25(21(27)15-5-6-29-13-15)10-17(16)8-19(18)30-12-14-3-4-14/h5-6,11,13-14,16-19,28H,3-4,7-10,12H2,1-2H3/t16-,17+,18-,19-/m1/s1. The molecule has 0 unspecified atom stereocenters. The van der Waals surface area contributed by atoms with Crippen molar-refractivity contribution < 1.29 is 19.1 Å². The van der Waals surface area contributed by atoms with Gasteiger partial charge >= 0.3 is 0 Å². The molecule has 4 atom stereocenters. The Morgan fingerprint density at radius 1 is 1.30 bits per heavy atom. The zero-order chi connectivity index (χ0) is 20.9. The maximum Gasteiger partial charge on any atom is 0.257 e. The molecule has 2 saturated carbocycles. The van der Waals surface area contributed by atoms with Crippen molar-refractivity contribution in [3.8, 4) is 0 Å². The first kappa shape index (κ1) is 19.8. The number of carbonyl (C=O) groups excluding carboxylic acids is 1. The summed E-state index contributed by atoms with van der Waals surface area (Å²) in [6.07, 6.45) is 9.26. The van der Waals surface area contributed by atoms with E-state index >= 15 is 0 Å². The summed E-state index contributed by atoms with van der Waals surface area (Å²) in [6.45, 7) is 5.74. The van der Waals surface area contributed by atoms with Gasteiger partial charge < -0.3 is 19.2 Å². The lowest BCUT2D eigenvalue weighted by Crippen LogP contribution is -2.38. The third kappa shape index (κ3) is 3.90. The number of aromatic nitrogens is 3. The molecule has 0 spiro atoms. The van der Waals surface area contributed by atoms with E-state index in [2.05, 4.69) is 10.3 Å². The SMILES string of the molecule is CC(C)(O)c1cn([C@@H]2C[C@@H]3CN(C(=O)c4ccoc4)C[C@@H]3C[C@H]2OCC2CC2)nn1. The highest BCUT2D eigenvalue weighted by atomic mass is 16.5. The number of furan rings is 1. The van der Waals surface area contributed by atoms with Gasteiger partial charge in [0.25, 0.3) is 5.91 Å². The lowest BCUT2D eigenvalue weighted by molar-refractivity contribution is -0.0376. The molecule has 0 radical (unpaired) electrons. The average Bonchev–Trinajstić information content (AvgIpc) is 3.14. The second kappa shape index (κ2) is 7.50. The van der Waals surface area contributed by atoms with E-state index in [1.54, 1.807) is 26.2 Å². The van der Waals surface area contributed by atoms with Crippen LogP contribution in [0.4, 0.5) is 0 Å². The van der Waals surface area contributed by atoms with Crippen molar-refractivity contribution in [2.24, 2.45) is 17.8 Å². The zero-order valence-electron chi connectivity index (χ0n) is 17.6. The van der Waals surface area contributed by atoms with Gasteiger partial charge in [0.05, 0.1) is 30.2 Å². The minimum Gasteiger partial charge on any atom is -0.472 e. The summed E-state index contributed by atoms with van der Waals surface area (Å²) in [6, 6.07) is 1.79. The molecule has 0 aromatic carbocycles. The number of ether oxygens (including phenoxy) is 1. The molecule has 8 heteroatoms. The normalized spacial score (nSPS) is 29.2. The van der Waals surface area contributed by atoms with Gasteiger partial charge in [0.2, 0.25) is 0 Å². The zero-order valence-corrected chi connectivity index (χ0v) is 17.6.